The van der Waals surface area contributed by atoms with E-state index in [0.717, 1.165) is 48.4 Å². The van der Waals surface area contributed by atoms with E-state index in [0.29, 0.717) is 13.1 Å². The second-order valence-corrected chi connectivity index (χ2v) is 9.21. The second kappa shape index (κ2) is 6.57. The Hall–Kier alpha value is -2.44. The van der Waals surface area contributed by atoms with Crippen LogP contribution in [0.15, 0.2) is 23.4 Å². The van der Waals surface area contributed by atoms with Crippen LogP contribution in [0.5, 0.6) is 0 Å². The summed E-state index contributed by atoms with van der Waals surface area (Å²) >= 11 is 0. The molecule has 7 nitrogen and oxygen atoms in total. The lowest BCUT2D eigenvalue weighted by molar-refractivity contribution is -0.00953. The Morgan fingerprint density at radius 3 is 2.46 bits per heavy atom. The van der Waals surface area contributed by atoms with Crippen molar-refractivity contribution in [2.24, 2.45) is 17.8 Å². The molecule has 2 aromatic rings. The molecular formula is C21H27N5O2. The third kappa shape index (κ3) is 3.06. The molecule has 0 atom stereocenters. The van der Waals surface area contributed by atoms with Crippen LogP contribution < -0.4 is 10.9 Å². The molecule has 0 aliphatic heterocycles. The summed E-state index contributed by atoms with van der Waals surface area (Å²) < 4.78 is 1.77. The monoisotopic (exact) mass is 381 g/mol. The van der Waals surface area contributed by atoms with Crippen molar-refractivity contribution in [3.8, 4) is 0 Å². The summed E-state index contributed by atoms with van der Waals surface area (Å²) in [5, 5.41) is 6.98. The third-order valence-electron chi connectivity index (χ3n) is 6.97. The second-order valence-electron chi connectivity index (χ2n) is 9.21. The Kier molecular flexibility index (Phi) is 4.14. The van der Waals surface area contributed by atoms with Crippen molar-refractivity contribution in [2.45, 2.75) is 57.4 Å². The van der Waals surface area contributed by atoms with E-state index in [-0.39, 0.29) is 22.4 Å². The lowest BCUT2D eigenvalue weighted by Gasteiger charge is -2.56. The molecule has 4 bridgehead atoms. The fraction of sp³-hybridized carbons (Fsp3) is 0.619. The number of rotatable bonds is 5. The minimum Gasteiger partial charge on any atom is -0.350 e. The molecule has 4 fully saturated rings. The van der Waals surface area contributed by atoms with Gasteiger partial charge < -0.3 is 10.3 Å². The first kappa shape index (κ1) is 17.6. The van der Waals surface area contributed by atoms with E-state index >= 15 is 0 Å². The van der Waals surface area contributed by atoms with Gasteiger partial charge in [-0.1, -0.05) is 0 Å². The van der Waals surface area contributed by atoms with E-state index < -0.39 is 0 Å². The minimum atomic E-state index is -0.380. The van der Waals surface area contributed by atoms with Crippen LogP contribution in [0, 0.1) is 24.7 Å². The molecule has 1 amide bonds. The van der Waals surface area contributed by atoms with E-state index in [1.54, 1.807) is 10.9 Å². The van der Waals surface area contributed by atoms with Gasteiger partial charge in [0.15, 0.2) is 0 Å². The molecule has 4 aliphatic carbocycles. The highest BCUT2D eigenvalue weighted by Crippen LogP contribution is 2.59. The van der Waals surface area contributed by atoms with Crippen LogP contribution in [-0.2, 0) is 12.0 Å². The Morgan fingerprint density at radius 1 is 1.21 bits per heavy atom. The summed E-state index contributed by atoms with van der Waals surface area (Å²) in [6.07, 6.45) is 12.6. The predicted molar refractivity (Wildman–Crippen MR) is 104 cm³/mol. The van der Waals surface area contributed by atoms with Gasteiger partial charge >= 0.3 is 0 Å². The van der Waals surface area contributed by atoms with Crippen molar-refractivity contribution in [1.29, 1.82) is 0 Å². The van der Waals surface area contributed by atoms with Crippen LogP contribution in [0.2, 0.25) is 0 Å². The molecule has 28 heavy (non-hydrogen) atoms. The van der Waals surface area contributed by atoms with Crippen molar-refractivity contribution in [3.05, 3.63) is 45.9 Å². The largest absolute Gasteiger partial charge is 0.350 e. The maximum atomic E-state index is 12.6. The molecule has 0 aromatic carbocycles. The summed E-state index contributed by atoms with van der Waals surface area (Å²) in [5.41, 5.74) is 0.867. The van der Waals surface area contributed by atoms with Gasteiger partial charge in [0, 0.05) is 24.4 Å². The SMILES string of the molecule is Cc1cnn(CCNC(=O)c2cnc(C34CC5CC(CC(C5)C3)C4)[nH]c2=O)c1. The molecule has 0 spiro atoms. The topological polar surface area (TPSA) is 92.7 Å². The summed E-state index contributed by atoms with van der Waals surface area (Å²) in [4.78, 5) is 32.6. The third-order valence-corrected chi connectivity index (χ3v) is 6.97. The molecule has 0 unspecified atom stereocenters. The quantitative estimate of drug-likeness (QED) is 0.830. The standard InChI is InChI=1S/C21H27N5O2/c1-13-10-24-26(12-13)3-2-22-18(27)17-11-23-20(25-19(17)28)21-7-14-4-15(8-21)6-16(5-14)9-21/h10-12,14-16H,2-9H2,1H3,(H,22,27)(H,23,25,28). The van der Waals surface area contributed by atoms with Gasteiger partial charge in [-0.3, -0.25) is 14.3 Å². The predicted octanol–water partition coefficient (Wildman–Crippen LogP) is 2.17. The molecule has 148 valence electrons. The van der Waals surface area contributed by atoms with E-state index in [4.69, 9.17) is 0 Å². The fourth-order valence-electron chi connectivity index (χ4n) is 6.20. The first-order chi connectivity index (χ1) is 13.5. The number of aryl methyl sites for hydroxylation is 1. The zero-order chi connectivity index (χ0) is 19.3. The minimum absolute atomic E-state index is 0.0286. The summed E-state index contributed by atoms with van der Waals surface area (Å²) in [7, 11) is 0. The fourth-order valence-corrected chi connectivity index (χ4v) is 6.20. The molecule has 0 radical (unpaired) electrons. The Bertz CT molecular complexity index is 924. The lowest BCUT2D eigenvalue weighted by atomic mass is 9.49. The molecule has 7 heteroatoms. The molecule has 4 saturated carbocycles. The average molecular weight is 381 g/mol. The van der Waals surface area contributed by atoms with Crippen LogP contribution in [-0.4, -0.2) is 32.2 Å². The number of hydrogen-bond acceptors (Lipinski definition) is 4. The van der Waals surface area contributed by atoms with Gasteiger partial charge in [0.2, 0.25) is 0 Å². The maximum Gasteiger partial charge on any atom is 0.263 e. The zero-order valence-corrected chi connectivity index (χ0v) is 16.3. The van der Waals surface area contributed by atoms with Gasteiger partial charge in [0.1, 0.15) is 11.4 Å². The molecule has 6 rings (SSSR count). The van der Waals surface area contributed by atoms with Crippen LogP contribution in [0.4, 0.5) is 0 Å². The van der Waals surface area contributed by atoms with Gasteiger partial charge in [0.05, 0.1) is 12.7 Å². The molecule has 2 heterocycles. The van der Waals surface area contributed by atoms with Crippen molar-refractivity contribution in [3.63, 3.8) is 0 Å². The number of nitrogens with one attached hydrogen (secondary N) is 2. The number of carbonyl (C=O) groups is 1. The van der Waals surface area contributed by atoms with Crippen molar-refractivity contribution < 1.29 is 4.79 Å². The molecule has 2 N–H and O–H groups in total. The van der Waals surface area contributed by atoms with Gasteiger partial charge in [-0.2, -0.15) is 5.10 Å². The average Bonchev–Trinajstić information content (AvgIpc) is 3.05. The Labute approximate surface area is 163 Å². The van der Waals surface area contributed by atoms with Gasteiger partial charge in [-0.05, 0) is 68.8 Å². The van der Waals surface area contributed by atoms with E-state index in [1.165, 1.54) is 25.5 Å². The number of hydrogen-bond donors (Lipinski definition) is 2. The van der Waals surface area contributed by atoms with Crippen molar-refractivity contribution in [2.75, 3.05) is 6.54 Å². The summed E-state index contributed by atoms with van der Waals surface area (Å²) in [5.74, 6) is 2.77. The smallest absolute Gasteiger partial charge is 0.263 e. The highest BCUT2D eigenvalue weighted by atomic mass is 16.2. The molecule has 4 aliphatic rings. The van der Waals surface area contributed by atoms with Gasteiger partial charge in [0.25, 0.3) is 11.5 Å². The number of amides is 1. The number of carbonyl (C=O) groups excluding carboxylic acids is 1. The van der Waals surface area contributed by atoms with Crippen molar-refractivity contribution >= 4 is 5.91 Å². The van der Waals surface area contributed by atoms with Crippen LogP contribution >= 0.6 is 0 Å². The van der Waals surface area contributed by atoms with E-state index in [9.17, 15) is 9.59 Å². The van der Waals surface area contributed by atoms with E-state index in [1.807, 2.05) is 13.1 Å². The first-order valence-electron chi connectivity index (χ1n) is 10.4. The Balaban J connectivity index is 1.28. The normalized spacial score (nSPS) is 30.5. The first-order valence-corrected chi connectivity index (χ1v) is 10.4. The van der Waals surface area contributed by atoms with Gasteiger partial charge in [-0.15, -0.1) is 0 Å². The van der Waals surface area contributed by atoms with Gasteiger partial charge in [-0.25, -0.2) is 4.98 Å². The molecule has 2 aromatic heterocycles. The highest BCUT2D eigenvalue weighted by Gasteiger charge is 2.52. The van der Waals surface area contributed by atoms with E-state index in [2.05, 4.69) is 20.4 Å². The van der Waals surface area contributed by atoms with Crippen LogP contribution in [0.3, 0.4) is 0 Å². The van der Waals surface area contributed by atoms with Crippen molar-refractivity contribution in [1.82, 2.24) is 25.1 Å². The summed E-state index contributed by atoms with van der Waals surface area (Å²) in [6, 6.07) is 0. The molecule has 0 saturated heterocycles. The number of aromatic amines is 1. The number of aromatic nitrogens is 4. The Morgan fingerprint density at radius 2 is 1.89 bits per heavy atom. The zero-order valence-electron chi connectivity index (χ0n) is 16.3. The molecular weight excluding hydrogens is 354 g/mol. The number of nitrogens with zero attached hydrogens (tertiary/aromatic N) is 3. The number of H-pyrrole nitrogens is 1. The van der Waals surface area contributed by atoms with Crippen LogP contribution in [0.1, 0.15) is 60.3 Å². The summed E-state index contributed by atoms with van der Waals surface area (Å²) in [6.45, 7) is 2.95. The highest BCUT2D eigenvalue weighted by molar-refractivity contribution is 5.93. The maximum absolute atomic E-state index is 12.6. The van der Waals surface area contributed by atoms with Crippen LogP contribution in [0.25, 0.3) is 0 Å². The lowest BCUT2D eigenvalue weighted by Crippen LogP contribution is -2.50.